The number of nitrogens with zero attached hydrogens (tertiary/aromatic N) is 2. The highest BCUT2D eigenvalue weighted by atomic mass is 32.2. The first kappa shape index (κ1) is 16.3. The Morgan fingerprint density at radius 3 is 2.24 bits per heavy atom. The molecule has 4 rings (SSSR count). The van der Waals surface area contributed by atoms with Crippen molar-refractivity contribution in [3.63, 3.8) is 0 Å². The zero-order valence-electron chi connectivity index (χ0n) is 14.1. The van der Waals surface area contributed by atoms with Crippen LogP contribution in [0.15, 0.2) is 59.5 Å². The fraction of sp³-hybridized carbons (Fsp3) is 0.316. The van der Waals surface area contributed by atoms with E-state index < -0.39 is 10.0 Å². The molecule has 2 heterocycles. The molecule has 2 fully saturated rings. The quantitative estimate of drug-likeness (QED) is 0.789. The van der Waals surface area contributed by atoms with Crippen molar-refractivity contribution in [3.05, 3.63) is 65.7 Å². The van der Waals surface area contributed by atoms with Gasteiger partial charge in [-0.3, -0.25) is 4.79 Å². The molecule has 2 aliphatic rings. The van der Waals surface area contributed by atoms with Gasteiger partial charge < -0.3 is 4.90 Å². The highest BCUT2D eigenvalue weighted by molar-refractivity contribution is 7.89. The predicted molar refractivity (Wildman–Crippen MR) is 94.3 cm³/mol. The molecule has 0 N–H and O–H groups in total. The molecule has 1 spiro atoms. The van der Waals surface area contributed by atoms with Crippen LogP contribution < -0.4 is 0 Å². The number of benzene rings is 2. The van der Waals surface area contributed by atoms with Gasteiger partial charge >= 0.3 is 0 Å². The minimum Gasteiger partial charge on any atom is -0.329 e. The molecule has 25 heavy (non-hydrogen) atoms. The van der Waals surface area contributed by atoms with Crippen LogP contribution in [-0.4, -0.2) is 42.2 Å². The highest BCUT2D eigenvalue weighted by Gasteiger charge is 2.60. The number of likely N-dealkylation sites (tertiary alicyclic amines) is 1. The summed E-state index contributed by atoms with van der Waals surface area (Å²) in [7, 11) is -3.48. The van der Waals surface area contributed by atoms with Gasteiger partial charge in [0.2, 0.25) is 15.9 Å². The van der Waals surface area contributed by atoms with E-state index in [1.807, 2.05) is 42.2 Å². The number of carbonyl (C=O) groups excluding carboxylic acids is 1. The standard InChI is InChI=1S/C19H20N2O3S/c1-15-7-9-17(10-8-15)25(23,24)20-13-19(14-20)11-18(22)21(19)12-16-5-3-2-4-6-16/h2-10H,11-14H2,1H3. The van der Waals surface area contributed by atoms with Gasteiger partial charge in [-0.05, 0) is 24.6 Å². The molecule has 0 atom stereocenters. The largest absolute Gasteiger partial charge is 0.329 e. The molecule has 0 aromatic heterocycles. The maximum absolute atomic E-state index is 12.7. The van der Waals surface area contributed by atoms with E-state index in [9.17, 15) is 13.2 Å². The van der Waals surface area contributed by atoms with Crippen molar-refractivity contribution in [2.75, 3.05) is 13.1 Å². The van der Waals surface area contributed by atoms with Crippen molar-refractivity contribution in [2.24, 2.45) is 0 Å². The number of aryl methyl sites for hydroxylation is 1. The van der Waals surface area contributed by atoms with Gasteiger partial charge in [-0.15, -0.1) is 0 Å². The number of β-lactam (4-membered cyclic amide) rings is 1. The molecule has 6 heteroatoms. The Kier molecular flexibility index (Phi) is 3.70. The summed E-state index contributed by atoms with van der Waals surface area (Å²) in [5, 5.41) is 0. The van der Waals surface area contributed by atoms with Gasteiger partial charge in [0.05, 0.1) is 16.9 Å². The van der Waals surface area contributed by atoms with Gasteiger partial charge in [0.15, 0.2) is 0 Å². The van der Waals surface area contributed by atoms with Crippen LogP contribution in [0.5, 0.6) is 0 Å². The van der Waals surface area contributed by atoms with Gasteiger partial charge in [0, 0.05) is 19.6 Å². The van der Waals surface area contributed by atoms with E-state index in [1.54, 1.807) is 24.3 Å². The van der Waals surface area contributed by atoms with Crippen LogP contribution in [-0.2, 0) is 21.4 Å². The Balaban J connectivity index is 1.48. The van der Waals surface area contributed by atoms with Crippen LogP contribution in [0.2, 0.25) is 0 Å². The van der Waals surface area contributed by atoms with Crippen LogP contribution in [0, 0.1) is 6.92 Å². The van der Waals surface area contributed by atoms with E-state index in [1.165, 1.54) is 4.31 Å². The van der Waals surface area contributed by atoms with Gasteiger partial charge in [0.25, 0.3) is 0 Å². The number of rotatable bonds is 4. The molecule has 1 amide bonds. The summed E-state index contributed by atoms with van der Waals surface area (Å²) < 4.78 is 26.9. The fourth-order valence-corrected chi connectivity index (χ4v) is 5.19. The molecule has 2 aliphatic heterocycles. The Bertz CT molecular complexity index is 901. The van der Waals surface area contributed by atoms with E-state index in [-0.39, 0.29) is 11.4 Å². The van der Waals surface area contributed by atoms with Gasteiger partial charge in [-0.1, -0.05) is 48.0 Å². The Morgan fingerprint density at radius 2 is 1.64 bits per heavy atom. The molecular weight excluding hydrogens is 336 g/mol. The lowest BCUT2D eigenvalue weighted by Gasteiger charge is -2.61. The van der Waals surface area contributed by atoms with Crippen LogP contribution >= 0.6 is 0 Å². The van der Waals surface area contributed by atoms with E-state index >= 15 is 0 Å². The molecule has 0 bridgehead atoms. The Labute approximate surface area is 147 Å². The van der Waals surface area contributed by atoms with E-state index in [0.29, 0.717) is 31.0 Å². The van der Waals surface area contributed by atoms with Crippen LogP contribution in [0.4, 0.5) is 0 Å². The maximum Gasteiger partial charge on any atom is 0.243 e. The molecule has 0 aliphatic carbocycles. The molecule has 2 aromatic rings. The van der Waals surface area contributed by atoms with E-state index in [0.717, 1.165) is 11.1 Å². The van der Waals surface area contributed by atoms with Crippen molar-refractivity contribution in [3.8, 4) is 0 Å². The van der Waals surface area contributed by atoms with Gasteiger partial charge in [-0.25, -0.2) is 8.42 Å². The number of carbonyl (C=O) groups is 1. The molecule has 5 nitrogen and oxygen atoms in total. The molecule has 0 radical (unpaired) electrons. The second-order valence-corrected chi connectivity index (χ2v) is 8.89. The summed E-state index contributed by atoms with van der Waals surface area (Å²) in [6, 6.07) is 16.7. The van der Waals surface area contributed by atoms with E-state index in [4.69, 9.17) is 0 Å². The van der Waals surface area contributed by atoms with Crippen molar-refractivity contribution in [2.45, 2.75) is 30.3 Å². The van der Waals surface area contributed by atoms with Crippen LogP contribution in [0.1, 0.15) is 17.5 Å². The summed E-state index contributed by atoms with van der Waals surface area (Å²) in [6.45, 7) is 3.22. The zero-order valence-corrected chi connectivity index (χ0v) is 14.9. The van der Waals surface area contributed by atoms with Crippen molar-refractivity contribution < 1.29 is 13.2 Å². The Morgan fingerprint density at radius 1 is 1.00 bits per heavy atom. The van der Waals surface area contributed by atoms with Crippen LogP contribution in [0.25, 0.3) is 0 Å². The number of hydrogen-bond acceptors (Lipinski definition) is 3. The average molecular weight is 356 g/mol. The molecule has 0 saturated carbocycles. The lowest BCUT2D eigenvalue weighted by molar-refractivity contribution is -0.170. The topological polar surface area (TPSA) is 57.7 Å². The third-order valence-corrected chi connectivity index (χ3v) is 6.94. The van der Waals surface area contributed by atoms with Gasteiger partial charge in [-0.2, -0.15) is 4.31 Å². The monoisotopic (exact) mass is 356 g/mol. The highest BCUT2D eigenvalue weighted by Crippen LogP contribution is 2.43. The summed E-state index contributed by atoms with van der Waals surface area (Å²) in [5.74, 6) is 0.0937. The normalized spacial score (nSPS) is 19.6. The summed E-state index contributed by atoms with van der Waals surface area (Å²) in [4.78, 5) is 14.2. The first-order valence-corrected chi connectivity index (χ1v) is 9.76. The minimum atomic E-state index is -3.48. The van der Waals surface area contributed by atoms with Crippen molar-refractivity contribution in [1.82, 2.24) is 9.21 Å². The molecule has 2 saturated heterocycles. The first-order chi connectivity index (χ1) is 11.9. The minimum absolute atomic E-state index is 0.0937. The number of hydrogen-bond donors (Lipinski definition) is 0. The molecular formula is C19H20N2O3S. The third kappa shape index (κ3) is 2.65. The van der Waals surface area contributed by atoms with Crippen molar-refractivity contribution >= 4 is 15.9 Å². The Hall–Kier alpha value is -2.18. The number of sulfonamides is 1. The lowest BCUT2D eigenvalue weighted by atomic mass is 9.78. The number of amides is 1. The molecule has 2 aromatic carbocycles. The van der Waals surface area contributed by atoms with Crippen LogP contribution in [0.3, 0.4) is 0 Å². The third-order valence-electron chi connectivity index (χ3n) is 5.14. The molecule has 130 valence electrons. The first-order valence-electron chi connectivity index (χ1n) is 8.32. The zero-order chi connectivity index (χ0) is 17.7. The summed E-state index contributed by atoms with van der Waals surface area (Å²) >= 11 is 0. The van der Waals surface area contributed by atoms with Crippen molar-refractivity contribution in [1.29, 1.82) is 0 Å². The summed E-state index contributed by atoms with van der Waals surface area (Å²) in [6.07, 6.45) is 0.430. The lowest BCUT2D eigenvalue weighted by Crippen LogP contribution is -2.78. The summed E-state index contributed by atoms with van der Waals surface area (Å²) in [5.41, 5.74) is 1.76. The SMILES string of the molecule is Cc1ccc(S(=O)(=O)N2CC3(CC(=O)N3Cc3ccccc3)C2)cc1. The molecule has 0 unspecified atom stereocenters. The second kappa shape index (κ2) is 5.68. The van der Waals surface area contributed by atoms with E-state index in [2.05, 4.69) is 0 Å². The second-order valence-electron chi connectivity index (χ2n) is 6.95. The van der Waals surface area contributed by atoms with Gasteiger partial charge in [0.1, 0.15) is 0 Å². The predicted octanol–water partition coefficient (Wildman–Crippen LogP) is 2.17. The smallest absolute Gasteiger partial charge is 0.243 e. The maximum atomic E-state index is 12.7. The average Bonchev–Trinajstić information content (AvgIpc) is 2.56. The fourth-order valence-electron chi connectivity index (χ4n) is 3.59.